The van der Waals surface area contributed by atoms with Gasteiger partial charge in [-0.25, -0.2) is 0 Å². The number of nitrogens with one attached hydrogen (secondary N) is 1. The van der Waals surface area contributed by atoms with Crippen LogP contribution in [-0.4, -0.2) is 10.5 Å². The zero-order valence-electron chi connectivity index (χ0n) is 12.5. The summed E-state index contributed by atoms with van der Waals surface area (Å²) in [5, 5.41) is 2.76. The van der Waals surface area contributed by atoms with Crippen molar-refractivity contribution >= 4 is 27.5 Å². The number of benzene rings is 1. The Balaban J connectivity index is 2.24. The summed E-state index contributed by atoms with van der Waals surface area (Å²) in [6.07, 6.45) is 1.61. The third kappa shape index (κ3) is 3.45. The Morgan fingerprint density at radius 2 is 1.91 bits per heavy atom. The number of aromatic nitrogens is 1. The van der Waals surface area contributed by atoms with Crippen LogP contribution in [0.1, 0.15) is 19.4 Å². The van der Waals surface area contributed by atoms with Crippen LogP contribution in [-0.2, 0) is 16.9 Å². The standard InChI is InChI=1S/C16H18BrN3O2/c1-3-20-10-13(8-9-14(20)21)19-15(22)16(2,18)11-4-6-12(17)7-5-11/h4-10H,3,18H2,1-2H3,(H,19,22). The molecule has 0 aliphatic rings. The van der Waals surface area contributed by atoms with Gasteiger partial charge >= 0.3 is 0 Å². The van der Waals surface area contributed by atoms with Crippen molar-refractivity contribution in [2.45, 2.75) is 25.9 Å². The van der Waals surface area contributed by atoms with Crippen molar-refractivity contribution < 1.29 is 4.79 Å². The molecule has 116 valence electrons. The molecule has 2 aromatic rings. The number of anilines is 1. The third-order valence-electron chi connectivity index (χ3n) is 3.50. The molecule has 1 atom stereocenters. The molecule has 5 nitrogen and oxygen atoms in total. The van der Waals surface area contributed by atoms with Gasteiger partial charge in [-0.2, -0.15) is 0 Å². The number of rotatable bonds is 4. The minimum absolute atomic E-state index is 0.107. The van der Waals surface area contributed by atoms with E-state index < -0.39 is 5.54 Å². The molecule has 1 aromatic carbocycles. The zero-order valence-corrected chi connectivity index (χ0v) is 14.1. The number of pyridine rings is 1. The van der Waals surface area contributed by atoms with Crippen LogP contribution in [0.25, 0.3) is 0 Å². The van der Waals surface area contributed by atoms with Gasteiger partial charge in [0.05, 0.1) is 5.69 Å². The highest BCUT2D eigenvalue weighted by Gasteiger charge is 2.30. The number of amides is 1. The summed E-state index contributed by atoms with van der Waals surface area (Å²) in [6, 6.07) is 10.3. The predicted octanol–water partition coefficient (Wildman–Crippen LogP) is 2.44. The molecular weight excluding hydrogens is 346 g/mol. The van der Waals surface area contributed by atoms with Crippen molar-refractivity contribution in [2.24, 2.45) is 5.73 Å². The molecule has 0 spiro atoms. The maximum absolute atomic E-state index is 12.5. The van der Waals surface area contributed by atoms with Crippen molar-refractivity contribution in [3.63, 3.8) is 0 Å². The number of carbonyl (C=O) groups excluding carboxylic acids is 1. The molecule has 22 heavy (non-hydrogen) atoms. The van der Waals surface area contributed by atoms with Gasteiger partial charge in [-0.15, -0.1) is 0 Å². The quantitative estimate of drug-likeness (QED) is 0.875. The molecular formula is C16H18BrN3O2. The Labute approximate surface area is 137 Å². The SMILES string of the molecule is CCn1cc(NC(=O)C(C)(N)c2ccc(Br)cc2)ccc1=O. The summed E-state index contributed by atoms with van der Waals surface area (Å²) in [4.78, 5) is 24.0. The maximum Gasteiger partial charge on any atom is 0.250 e. The molecule has 0 bridgehead atoms. The molecule has 0 aliphatic heterocycles. The first-order valence-electron chi connectivity index (χ1n) is 6.91. The maximum atomic E-state index is 12.5. The molecule has 1 amide bonds. The Morgan fingerprint density at radius 3 is 2.50 bits per heavy atom. The van der Waals surface area contributed by atoms with Crippen LogP contribution in [0.4, 0.5) is 5.69 Å². The minimum atomic E-state index is -1.17. The van der Waals surface area contributed by atoms with Gasteiger partial charge in [-0.05, 0) is 37.6 Å². The van der Waals surface area contributed by atoms with Crippen molar-refractivity contribution in [3.05, 3.63) is 63.0 Å². The van der Waals surface area contributed by atoms with E-state index in [0.717, 1.165) is 4.47 Å². The van der Waals surface area contributed by atoms with E-state index >= 15 is 0 Å². The zero-order chi connectivity index (χ0) is 16.3. The van der Waals surface area contributed by atoms with E-state index in [0.29, 0.717) is 17.8 Å². The number of hydrogen-bond acceptors (Lipinski definition) is 3. The number of halogens is 1. The van der Waals surface area contributed by atoms with Crippen molar-refractivity contribution in [1.29, 1.82) is 0 Å². The smallest absolute Gasteiger partial charge is 0.250 e. The summed E-state index contributed by atoms with van der Waals surface area (Å²) in [6.45, 7) is 4.05. The summed E-state index contributed by atoms with van der Waals surface area (Å²) in [5.74, 6) is -0.337. The van der Waals surface area contributed by atoms with E-state index in [-0.39, 0.29) is 11.5 Å². The molecule has 1 heterocycles. The van der Waals surface area contributed by atoms with E-state index in [1.54, 1.807) is 31.3 Å². The van der Waals surface area contributed by atoms with E-state index in [4.69, 9.17) is 5.73 Å². The van der Waals surface area contributed by atoms with E-state index in [2.05, 4.69) is 21.2 Å². The first-order valence-corrected chi connectivity index (χ1v) is 7.70. The molecule has 6 heteroatoms. The lowest BCUT2D eigenvalue weighted by Crippen LogP contribution is -2.45. The van der Waals surface area contributed by atoms with Crippen LogP contribution in [0.5, 0.6) is 0 Å². The van der Waals surface area contributed by atoms with Gasteiger partial charge in [-0.3, -0.25) is 9.59 Å². The molecule has 0 fully saturated rings. The third-order valence-corrected chi connectivity index (χ3v) is 4.03. The van der Waals surface area contributed by atoms with Crippen LogP contribution < -0.4 is 16.6 Å². The van der Waals surface area contributed by atoms with Gasteiger partial charge in [0.25, 0.3) is 5.56 Å². The monoisotopic (exact) mass is 363 g/mol. The van der Waals surface area contributed by atoms with Gasteiger partial charge < -0.3 is 15.6 Å². The average molecular weight is 364 g/mol. The first-order chi connectivity index (χ1) is 10.3. The Morgan fingerprint density at radius 1 is 1.27 bits per heavy atom. The highest BCUT2D eigenvalue weighted by atomic mass is 79.9. The van der Waals surface area contributed by atoms with Gasteiger partial charge in [0.2, 0.25) is 5.91 Å². The number of hydrogen-bond donors (Lipinski definition) is 2. The van der Waals surface area contributed by atoms with Crippen LogP contribution in [0.15, 0.2) is 51.9 Å². The number of carbonyl (C=O) groups is 1. The van der Waals surface area contributed by atoms with Crippen molar-refractivity contribution in [1.82, 2.24) is 4.57 Å². The topological polar surface area (TPSA) is 77.1 Å². The highest BCUT2D eigenvalue weighted by Crippen LogP contribution is 2.22. The van der Waals surface area contributed by atoms with Crippen LogP contribution in [0, 0.1) is 0 Å². The first kappa shape index (κ1) is 16.5. The lowest BCUT2D eigenvalue weighted by atomic mass is 9.92. The molecule has 3 N–H and O–H groups in total. The molecule has 1 aromatic heterocycles. The van der Waals surface area contributed by atoms with Crippen LogP contribution >= 0.6 is 15.9 Å². The largest absolute Gasteiger partial charge is 0.323 e. The second-order valence-electron chi connectivity index (χ2n) is 5.21. The van der Waals surface area contributed by atoms with E-state index in [1.165, 1.54) is 10.6 Å². The fourth-order valence-electron chi connectivity index (χ4n) is 2.04. The molecule has 2 rings (SSSR count). The lowest BCUT2D eigenvalue weighted by molar-refractivity contribution is -0.120. The lowest BCUT2D eigenvalue weighted by Gasteiger charge is -2.24. The fraction of sp³-hybridized carbons (Fsp3) is 0.250. The number of aryl methyl sites for hydroxylation is 1. The number of nitrogens with two attached hydrogens (primary N) is 1. The molecule has 1 unspecified atom stereocenters. The van der Waals surface area contributed by atoms with Gasteiger partial charge in [0.1, 0.15) is 5.54 Å². The van der Waals surface area contributed by atoms with Crippen LogP contribution in [0.2, 0.25) is 0 Å². The second-order valence-corrected chi connectivity index (χ2v) is 6.12. The summed E-state index contributed by atoms with van der Waals surface area (Å²) in [7, 11) is 0. The summed E-state index contributed by atoms with van der Waals surface area (Å²) >= 11 is 3.35. The summed E-state index contributed by atoms with van der Waals surface area (Å²) in [5.41, 5.74) is 6.15. The Kier molecular flexibility index (Phi) is 4.83. The number of nitrogens with zero attached hydrogens (tertiary/aromatic N) is 1. The Hall–Kier alpha value is -1.92. The Bertz CT molecular complexity index is 736. The molecule has 0 saturated carbocycles. The fourth-order valence-corrected chi connectivity index (χ4v) is 2.30. The predicted molar refractivity (Wildman–Crippen MR) is 90.7 cm³/mol. The normalized spacial score (nSPS) is 13.5. The average Bonchev–Trinajstić information content (AvgIpc) is 2.49. The van der Waals surface area contributed by atoms with Crippen LogP contribution in [0.3, 0.4) is 0 Å². The summed E-state index contributed by atoms with van der Waals surface area (Å²) < 4.78 is 2.44. The van der Waals surface area contributed by atoms with Gasteiger partial charge in [-0.1, -0.05) is 28.1 Å². The van der Waals surface area contributed by atoms with Gasteiger partial charge in [0, 0.05) is 23.3 Å². The van der Waals surface area contributed by atoms with Crippen molar-refractivity contribution in [3.8, 4) is 0 Å². The van der Waals surface area contributed by atoms with E-state index in [1.807, 2.05) is 19.1 Å². The molecule has 0 radical (unpaired) electrons. The van der Waals surface area contributed by atoms with Crippen molar-refractivity contribution in [2.75, 3.05) is 5.32 Å². The minimum Gasteiger partial charge on any atom is -0.323 e. The van der Waals surface area contributed by atoms with Gasteiger partial charge in [0.15, 0.2) is 0 Å². The molecule has 0 aliphatic carbocycles. The second kappa shape index (κ2) is 6.46. The van der Waals surface area contributed by atoms with E-state index in [9.17, 15) is 9.59 Å². The highest BCUT2D eigenvalue weighted by molar-refractivity contribution is 9.10. The molecule has 0 saturated heterocycles.